The lowest BCUT2D eigenvalue weighted by atomic mass is 10.1. The first-order valence-electron chi connectivity index (χ1n) is 5.32. The van der Waals surface area contributed by atoms with Crippen LogP contribution in [0.15, 0.2) is 6.07 Å². The summed E-state index contributed by atoms with van der Waals surface area (Å²) in [5.41, 5.74) is 0.496. The fourth-order valence-corrected chi connectivity index (χ4v) is 3.55. The summed E-state index contributed by atoms with van der Waals surface area (Å²) >= 11 is 13.0. The number of carbonyl (C=O) groups is 1. The number of carbonyl (C=O) groups excluding carboxylic acids is 1. The zero-order chi connectivity index (χ0) is 11.7. The number of nitrogens with one attached hydrogen (secondary N) is 1. The Morgan fingerprint density at radius 2 is 2.25 bits per heavy atom. The Labute approximate surface area is 109 Å². The van der Waals surface area contributed by atoms with Crippen LogP contribution in [0.3, 0.4) is 0 Å². The number of hydrogen-bond donors (Lipinski definition) is 1. The highest BCUT2D eigenvalue weighted by Gasteiger charge is 2.24. The molecule has 1 amide bonds. The van der Waals surface area contributed by atoms with Gasteiger partial charge in [0, 0.05) is 6.04 Å². The molecule has 1 aromatic rings. The Morgan fingerprint density at radius 3 is 2.75 bits per heavy atom. The number of hydrogen-bond acceptors (Lipinski definition) is 2. The fourth-order valence-electron chi connectivity index (χ4n) is 2.10. The predicted molar refractivity (Wildman–Crippen MR) is 68.6 cm³/mol. The zero-order valence-electron chi connectivity index (χ0n) is 8.93. The van der Waals surface area contributed by atoms with Crippen molar-refractivity contribution in [2.45, 2.75) is 32.2 Å². The van der Waals surface area contributed by atoms with Gasteiger partial charge in [-0.3, -0.25) is 4.79 Å². The van der Waals surface area contributed by atoms with Crippen LogP contribution in [0.1, 0.15) is 36.5 Å². The highest BCUT2D eigenvalue weighted by atomic mass is 35.5. The smallest absolute Gasteiger partial charge is 0.253 e. The van der Waals surface area contributed by atoms with Crippen LogP contribution in [0.4, 0.5) is 0 Å². The van der Waals surface area contributed by atoms with E-state index < -0.39 is 0 Å². The summed E-state index contributed by atoms with van der Waals surface area (Å²) in [6, 6.07) is 1.92. The average molecular weight is 278 g/mol. The van der Waals surface area contributed by atoms with Crippen molar-refractivity contribution in [1.82, 2.24) is 5.32 Å². The second-order valence-electron chi connectivity index (χ2n) is 4.33. The number of rotatable bonds is 2. The number of thiophene rings is 1. The Balaban J connectivity index is 2.00. The van der Waals surface area contributed by atoms with Gasteiger partial charge in [0.2, 0.25) is 0 Å². The Hall–Kier alpha value is -0.250. The van der Waals surface area contributed by atoms with Crippen LogP contribution in [-0.4, -0.2) is 11.9 Å². The summed E-state index contributed by atoms with van der Waals surface area (Å²) in [6.45, 7) is 2.21. The lowest BCUT2D eigenvalue weighted by Crippen LogP contribution is -2.32. The second kappa shape index (κ2) is 4.94. The van der Waals surface area contributed by atoms with Crippen molar-refractivity contribution in [3.05, 3.63) is 20.3 Å². The number of amides is 1. The number of halogens is 2. The van der Waals surface area contributed by atoms with Gasteiger partial charge in [-0.2, -0.15) is 0 Å². The van der Waals surface area contributed by atoms with E-state index >= 15 is 0 Å². The standard InChI is InChI=1S/C11H13Cl2NOS/c1-6-2-3-7(4-6)14-11(15)8-5-9(12)16-10(8)13/h5-7H,2-4H2,1H3,(H,14,15). The van der Waals surface area contributed by atoms with Crippen molar-refractivity contribution >= 4 is 40.4 Å². The molecule has 2 rings (SSSR count). The molecule has 0 aromatic carbocycles. The van der Waals surface area contributed by atoms with Gasteiger partial charge in [0.25, 0.3) is 5.91 Å². The summed E-state index contributed by atoms with van der Waals surface area (Å²) in [6.07, 6.45) is 3.30. The molecule has 1 saturated carbocycles. The van der Waals surface area contributed by atoms with E-state index in [9.17, 15) is 4.79 Å². The first-order chi connectivity index (χ1) is 7.56. The minimum atomic E-state index is -0.104. The minimum Gasteiger partial charge on any atom is -0.349 e. The van der Waals surface area contributed by atoms with E-state index in [-0.39, 0.29) is 11.9 Å². The van der Waals surface area contributed by atoms with Crippen LogP contribution in [0.5, 0.6) is 0 Å². The van der Waals surface area contributed by atoms with E-state index in [1.54, 1.807) is 6.07 Å². The Kier molecular flexibility index (Phi) is 3.77. The van der Waals surface area contributed by atoms with Crippen molar-refractivity contribution in [2.75, 3.05) is 0 Å². The largest absolute Gasteiger partial charge is 0.349 e. The molecule has 1 heterocycles. The van der Waals surface area contributed by atoms with Gasteiger partial charge in [-0.05, 0) is 31.2 Å². The van der Waals surface area contributed by atoms with Gasteiger partial charge < -0.3 is 5.32 Å². The third-order valence-electron chi connectivity index (χ3n) is 2.93. The summed E-state index contributed by atoms with van der Waals surface area (Å²) in [5, 5.41) is 3.00. The maximum absolute atomic E-state index is 11.9. The molecular weight excluding hydrogens is 265 g/mol. The molecule has 0 radical (unpaired) electrons. The monoisotopic (exact) mass is 277 g/mol. The van der Waals surface area contributed by atoms with Crippen molar-refractivity contribution in [2.24, 2.45) is 5.92 Å². The maximum atomic E-state index is 11.9. The van der Waals surface area contributed by atoms with Crippen molar-refractivity contribution < 1.29 is 4.79 Å². The van der Waals surface area contributed by atoms with Gasteiger partial charge in [0.1, 0.15) is 4.34 Å². The lowest BCUT2D eigenvalue weighted by Gasteiger charge is -2.11. The molecule has 0 bridgehead atoms. The van der Waals surface area contributed by atoms with Crippen LogP contribution in [0.2, 0.25) is 8.67 Å². The summed E-state index contributed by atoms with van der Waals surface area (Å²) in [4.78, 5) is 11.9. The van der Waals surface area contributed by atoms with E-state index in [0.717, 1.165) is 12.8 Å². The normalized spacial score (nSPS) is 24.7. The van der Waals surface area contributed by atoms with E-state index in [4.69, 9.17) is 23.2 Å². The van der Waals surface area contributed by atoms with Crippen LogP contribution in [0, 0.1) is 5.92 Å². The van der Waals surface area contributed by atoms with Crippen molar-refractivity contribution in [3.63, 3.8) is 0 Å². The van der Waals surface area contributed by atoms with E-state index in [0.29, 0.717) is 20.2 Å². The highest BCUT2D eigenvalue weighted by molar-refractivity contribution is 7.20. The quantitative estimate of drug-likeness (QED) is 0.871. The zero-order valence-corrected chi connectivity index (χ0v) is 11.3. The van der Waals surface area contributed by atoms with Crippen molar-refractivity contribution in [1.29, 1.82) is 0 Å². The van der Waals surface area contributed by atoms with Gasteiger partial charge in [-0.15, -0.1) is 11.3 Å². The molecule has 0 saturated heterocycles. The molecule has 0 spiro atoms. The van der Waals surface area contributed by atoms with Gasteiger partial charge in [-0.1, -0.05) is 30.1 Å². The van der Waals surface area contributed by atoms with E-state index in [1.165, 1.54) is 17.8 Å². The first-order valence-corrected chi connectivity index (χ1v) is 6.89. The summed E-state index contributed by atoms with van der Waals surface area (Å²) in [7, 11) is 0. The van der Waals surface area contributed by atoms with Crippen LogP contribution >= 0.6 is 34.5 Å². The molecule has 5 heteroatoms. The summed E-state index contributed by atoms with van der Waals surface area (Å²) < 4.78 is 1.02. The molecule has 1 aliphatic carbocycles. The molecule has 2 atom stereocenters. The Bertz CT molecular complexity index is 405. The Morgan fingerprint density at radius 1 is 1.50 bits per heavy atom. The molecule has 2 nitrogen and oxygen atoms in total. The topological polar surface area (TPSA) is 29.1 Å². The molecule has 1 aromatic heterocycles. The van der Waals surface area contributed by atoms with E-state index in [2.05, 4.69) is 12.2 Å². The van der Waals surface area contributed by atoms with Crippen LogP contribution in [0.25, 0.3) is 0 Å². The molecule has 1 N–H and O–H groups in total. The SMILES string of the molecule is CC1CCC(NC(=O)c2cc(Cl)sc2Cl)C1. The molecule has 2 unspecified atom stereocenters. The minimum absolute atomic E-state index is 0.104. The molecule has 1 fully saturated rings. The van der Waals surface area contributed by atoms with Gasteiger partial charge in [0.15, 0.2) is 0 Å². The van der Waals surface area contributed by atoms with Crippen molar-refractivity contribution in [3.8, 4) is 0 Å². The fraction of sp³-hybridized carbons (Fsp3) is 0.545. The van der Waals surface area contributed by atoms with Gasteiger partial charge in [0.05, 0.1) is 9.90 Å². The van der Waals surface area contributed by atoms with Gasteiger partial charge in [-0.25, -0.2) is 0 Å². The maximum Gasteiger partial charge on any atom is 0.253 e. The second-order valence-corrected chi connectivity index (χ2v) is 6.61. The molecule has 1 aliphatic rings. The third kappa shape index (κ3) is 2.70. The average Bonchev–Trinajstić information content (AvgIpc) is 2.73. The molecule has 16 heavy (non-hydrogen) atoms. The third-order valence-corrected chi connectivity index (χ3v) is 4.42. The van der Waals surface area contributed by atoms with Gasteiger partial charge >= 0.3 is 0 Å². The van der Waals surface area contributed by atoms with Crippen LogP contribution < -0.4 is 5.32 Å². The predicted octanol–water partition coefficient (Wildman–Crippen LogP) is 3.97. The first kappa shape index (κ1) is 12.2. The summed E-state index contributed by atoms with van der Waals surface area (Å²) in [5.74, 6) is 0.596. The van der Waals surface area contributed by atoms with E-state index in [1.807, 2.05) is 0 Å². The van der Waals surface area contributed by atoms with Crippen LogP contribution in [-0.2, 0) is 0 Å². The molecule has 0 aliphatic heterocycles. The molecular formula is C11H13Cl2NOS. The molecule has 88 valence electrons. The highest BCUT2D eigenvalue weighted by Crippen LogP contribution is 2.31. The lowest BCUT2D eigenvalue weighted by molar-refractivity contribution is 0.0938.